The van der Waals surface area contributed by atoms with Crippen LogP contribution in [0.15, 0.2) is 47.5 Å². The number of amides is 1. The number of anilines is 2. The Hall–Kier alpha value is -2.49. The van der Waals surface area contributed by atoms with Crippen LogP contribution in [0, 0.1) is 0 Å². The van der Waals surface area contributed by atoms with Crippen molar-refractivity contribution in [3.05, 3.63) is 48.0 Å². The molecule has 0 aliphatic heterocycles. The maximum atomic E-state index is 11.7. The van der Waals surface area contributed by atoms with Crippen molar-refractivity contribution < 1.29 is 14.3 Å². The van der Waals surface area contributed by atoms with Crippen molar-refractivity contribution in [3.8, 4) is 11.5 Å². The van der Waals surface area contributed by atoms with E-state index in [0.29, 0.717) is 37.0 Å². The number of carbonyl (C=O) groups is 1. The van der Waals surface area contributed by atoms with Gasteiger partial charge >= 0.3 is 0 Å². The van der Waals surface area contributed by atoms with Crippen LogP contribution in [0.3, 0.4) is 0 Å². The summed E-state index contributed by atoms with van der Waals surface area (Å²) >= 11 is 0. The predicted octanol–water partition coefficient (Wildman–Crippen LogP) is 4.64. The maximum Gasteiger partial charge on any atom is 0.224 e. The number of aliphatic imine (C=N–C) groups is 1. The molecule has 0 bridgehead atoms. The van der Waals surface area contributed by atoms with E-state index in [-0.39, 0.29) is 29.9 Å². The first-order valence-corrected chi connectivity index (χ1v) is 9.76. The average Bonchev–Trinajstić information content (AvgIpc) is 2.73. The summed E-state index contributed by atoms with van der Waals surface area (Å²) in [5.41, 5.74) is 2.72. The number of hydrogen-bond acceptors (Lipinski definition) is 4. The van der Waals surface area contributed by atoms with Gasteiger partial charge in [0.05, 0.1) is 13.7 Å². The highest BCUT2D eigenvalue weighted by molar-refractivity contribution is 14.0. The number of halogens is 1. The lowest BCUT2D eigenvalue weighted by molar-refractivity contribution is -0.116. The quantitative estimate of drug-likeness (QED) is 0.252. The summed E-state index contributed by atoms with van der Waals surface area (Å²) in [5.74, 6) is 2.04. The zero-order valence-electron chi connectivity index (χ0n) is 18.0. The van der Waals surface area contributed by atoms with E-state index in [0.717, 1.165) is 23.4 Å². The molecule has 2 rings (SSSR count). The van der Waals surface area contributed by atoms with Crippen LogP contribution in [0.5, 0.6) is 11.5 Å². The molecule has 0 fully saturated rings. The molecule has 3 N–H and O–H groups in total. The van der Waals surface area contributed by atoms with Gasteiger partial charge in [-0.15, -0.1) is 24.0 Å². The molecule has 0 atom stereocenters. The van der Waals surface area contributed by atoms with Crippen LogP contribution in [-0.2, 0) is 11.3 Å². The Bertz CT molecular complexity index is 826. The normalized spacial score (nSPS) is 10.6. The first-order valence-electron chi connectivity index (χ1n) is 9.76. The second kappa shape index (κ2) is 13.7. The van der Waals surface area contributed by atoms with Gasteiger partial charge in [-0.2, -0.15) is 0 Å². The van der Waals surface area contributed by atoms with Crippen molar-refractivity contribution in [1.29, 1.82) is 0 Å². The monoisotopic (exact) mass is 526 g/mol. The zero-order valence-corrected chi connectivity index (χ0v) is 20.3. The van der Waals surface area contributed by atoms with Crippen molar-refractivity contribution in [1.82, 2.24) is 5.32 Å². The van der Waals surface area contributed by atoms with E-state index in [9.17, 15) is 4.79 Å². The Morgan fingerprint density at radius 3 is 2.30 bits per heavy atom. The van der Waals surface area contributed by atoms with E-state index in [1.54, 1.807) is 14.2 Å². The number of guanidine groups is 1. The summed E-state index contributed by atoms with van der Waals surface area (Å²) in [6.45, 7) is 5.09. The van der Waals surface area contributed by atoms with Crippen LogP contribution in [0.2, 0.25) is 0 Å². The molecule has 2 aromatic carbocycles. The lowest BCUT2D eigenvalue weighted by Crippen LogP contribution is -2.30. The van der Waals surface area contributed by atoms with E-state index in [4.69, 9.17) is 9.47 Å². The molecule has 0 heterocycles. The van der Waals surface area contributed by atoms with Crippen molar-refractivity contribution >= 4 is 47.2 Å². The summed E-state index contributed by atoms with van der Waals surface area (Å²) in [7, 11) is 3.33. The lowest BCUT2D eigenvalue weighted by Gasteiger charge is -2.15. The van der Waals surface area contributed by atoms with Gasteiger partial charge in [0.2, 0.25) is 5.91 Å². The molecule has 8 heteroatoms. The van der Waals surface area contributed by atoms with Gasteiger partial charge in [-0.1, -0.05) is 19.1 Å². The molecule has 7 nitrogen and oxygen atoms in total. The minimum atomic E-state index is 0. The number of ether oxygens (including phenoxy) is 2. The van der Waals surface area contributed by atoms with Crippen LogP contribution >= 0.6 is 24.0 Å². The van der Waals surface area contributed by atoms with Gasteiger partial charge in [0.25, 0.3) is 0 Å². The number of nitrogens with zero attached hydrogens (tertiary/aromatic N) is 1. The zero-order chi connectivity index (χ0) is 21.1. The molecule has 0 aromatic heterocycles. The second-order valence-electron chi connectivity index (χ2n) is 6.34. The summed E-state index contributed by atoms with van der Waals surface area (Å²) in [6.07, 6.45) is 1.36. The third-order valence-corrected chi connectivity index (χ3v) is 4.12. The largest absolute Gasteiger partial charge is 0.493 e. The fourth-order valence-corrected chi connectivity index (χ4v) is 2.68. The molecular weight excluding hydrogens is 495 g/mol. The predicted molar refractivity (Wildman–Crippen MR) is 133 cm³/mol. The fourth-order valence-electron chi connectivity index (χ4n) is 2.68. The third-order valence-electron chi connectivity index (χ3n) is 4.12. The highest BCUT2D eigenvalue weighted by Gasteiger charge is 2.07. The summed E-state index contributed by atoms with van der Waals surface area (Å²) < 4.78 is 10.9. The molecule has 0 spiro atoms. The van der Waals surface area contributed by atoms with Crippen LogP contribution < -0.4 is 25.4 Å². The number of hydrogen-bond donors (Lipinski definition) is 3. The van der Waals surface area contributed by atoms with E-state index in [2.05, 4.69) is 20.9 Å². The number of nitrogens with one attached hydrogen (secondary N) is 3. The molecular formula is C22H31IN4O3. The smallest absolute Gasteiger partial charge is 0.224 e. The van der Waals surface area contributed by atoms with E-state index < -0.39 is 0 Å². The van der Waals surface area contributed by atoms with Gasteiger partial charge in [0.15, 0.2) is 17.5 Å². The van der Waals surface area contributed by atoms with Crippen LogP contribution in [0.1, 0.15) is 32.3 Å². The number of rotatable bonds is 9. The average molecular weight is 526 g/mol. The van der Waals surface area contributed by atoms with Gasteiger partial charge in [-0.05, 0) is 43.2 Å². The van der Waals surface area contributed by atoms with Crippen molar-refractivity contribution in [2.45, 2.75) is 33.2 Å². The van der Waals surface area contributed by atoms with Gasteiger partial charge in [0.1, 0.15) is 0 Å². The van der Waals surface area contributed by atoms with E-state index in [1.165, 1.54) is 0 Å². The molecule has 0 aliphatic carbocycles. The Balaban J connectivity index is 0.00000450. The molecule has 2 aromatic rings. The lowest BCUT2D eigenvalue weighted by atomic mass is 10.2. The number of benzene rings is 2. The SMILES string of the molecule is CCCC(=O)Nc1ccc(CNC(=NC)Nc2ccc(OCC)c(OC)c2)cc1.I. The van der Waals surface area contributed by atoms with Gasteiger partial charge in [-0.3, -0.25) is 9.79 Å². The standard InChI is InChI=1S/C22H30N4O3.HI/c1-5-7-21(27)25-17-10-8-16(9-11-17)15-24-22(23-3)26-18-12-13-19(29-6-2)20(14-18)28-4;/h8-14H,5-7,15H2,1-4H3,(H,25,27)(H2,23,24,26);1H. The second-order valence-corrected chi connectivity index (χ2v) is 6.34. The van der Waals surface area contributed by atoms with Crippen molar-refractivity contribution in [2.75, 3.05) is 31.4 Å². The Morgan fingerprint density at radius 2 is 1.70 bits per heavy atom. The fraction of sp³-hybridized carbons (Fsp3) is 0.364. The Kier molecular flexibility index (Phi) is 11.7. The highest BCUT2D eigenvalue weighted by atomic mass is 127. The van der Waals surface area contributed by atoms with E-state index in [1.807, 2.05) is 56.3 Å². The molecule has 0 radical (unpaired) electrons. The Morgan fingerprint density at radius 1 is 1.00 bits per heavy atom. The first-order chi connectivity index (χ1) is 14.1. The minimum Gasteiger partial charge on any atom is -0.493 e. The van der Waals surface area contributed by atoms with Crippen LogP contribution in [-0.4, -0.2) is 32.6 Å². The van der Waals surface area contributed by atoms with Crippen LogP contribution in [0.4, 0.5) is 11.4 Å². The molecule has 1 amide bonds. The summed E-state index contributed by atoms with van der Waals surface area (Å²) in [5, 5.41) is 9.40. The minimum absolute atomic E-state index is 0. The summed E-state index contributed by atoms with van der Waals surface area (Å²) in [4.78, 5) is 15.9. The third kappa shape index (κ3) is 8.10. The van der Waals surface area contributed by atoms with Gasteiger partial charge < -0.3 is 25.4 Å². The van der Waals surface area contributed by atoms with Crippen molar-refractivity contribution in [3.63, 3.8) is 0 Å². The van der Waals surface area contributed by atoms with Gasteiger partial charge in [-0.25, -0.2) is 0 Å². The van der Waals surface area contributed by atoms with E-state index >= 15 is 0 Å². The number of carbonyl (C=O) groups excluding carboxylic acids is 1. The molecule has 0 saturated carbocycles. The molecule has 0 aliphatic rings. The maximum absolute atomic E-state index is 11.7. The topological polar surface area (TPSA) is 84.0 Å². The summed E-state index contributed by atoms with van der Waals surface area (Å²) in [6, 6.07) is 13.4. The van der Waals surface area contributed by atoms with Crippen LogP contribution in [0.25, 0.3) is 0 Å². The van der Waals surface area contributed by atoms with Crippen molar-refractivity contribution in [2.24, 2.45) is 4.99 Å². The van der Waals surface area contributed by atoms with Gasteiger partial charge in [0, 0.05) is 37.5 Å². The molecule has 0 saturated heterocycles. The molecule has 0 unspecified atom stereocenters. The molecule has 30 heavy (non-hydrogen) atoms. The number of methoxy groups -OCH3 is 1. The Labute approximate surface area is 195 Å². The molecule has 164 valence electrons. The highest BCUT2D eigenvalue weighted by Crippen LogP contribution is 2.30. The first kappa shape index (κ1) is 25.5.